The van der Waals surface area contributed by atoms with E-state index in [0.717, 1.165) is 0 Å². The van der Waals surface area contributed by atoms with Crippen LogP contribution >= 0.6 is 15.9 Å². The molecule has 116 valence electrons. The van der Waals surface area contributed by atoms with Gasteiger partial charge in [0.05, 0.1) is 22.7 Å². The number of hydrogen-bond acceptors (Lipinski definition) is 5. The van der Waals surface area contributed by atoms with Crippen LogP contribution in [0, 0.1) is 0 Å². The average Bonchev–Trinajstić information content (AvgIpc) is 2.51. The summed E-state index contributed by atoms with van der Waals surface area (Å²) in [5.41, 5.74) is 0.553. The van der Waals surface area contributed by atoms with Crippen molar-refractivity contribution >= 4 is 32.2 Å². The Labute approximate surface area is 136 Å². The minimum Gasteiger partial charge on any atom is -0.503 e. The number of nitrogens with zero attached hydrogens (tertiary/aromatic N) is 1. The molecule has 0 aliphatic rings. The molecule has 0 saturated carbocycles. The van der Waals surface area contributed by atoms with E-state index >= 15 is 0 Å². The summed E-state index contributed by atoms with van der Waals surface area (Å²) in [6.45, 7) is 0. The van der Waals surface area contributed by atoms with Crippen molar-refractivity contribution in [3.8, 4) is 11.5 Å². The molecule has 0 bridgehead atoms. The Morgan fingerprint density at radius 1 is 1.27 bits per heavy atom. The standard InChI is InChI=1S/C14H13BrN2O4S/c1-21-13-8-10(7-12(15)14(13)18)9-16-17-22(19,20)11-5-3-2-4-6-11/h2-9,17-18H,1H3. The molecule has 0 unspecified atom stereocenters. The van der Waals surface area contributed by atoms with Crippen molar-refractivity contribution in [1.82, 2.24) is 4.83 Å². The Morgan fingerprint density at radius 3 is 2.59 bits per heavy atom. The maximum Gasteiger partial charge on any atom is 0.276 e. The summed E-state index contributed by atoms with van der Waals surface area (Å²) in [6.07, 6.45) is 1.31. The summed E-state index contributed by atoms with van der Waals surface area (Å²) in [7, 11) is -2.29. The van der Waals surface area contributed by atoms with Crippen molar-refractivity contribution < 1.29 is 18.3 Å². The van der Waals surface area contributed by atoms with Gasteiger partial charge in [-0.25, -0.2) is 4.83 Å². The van der Waals surface area contributed by atoms with Crippen LogP contribution in [0.15, 0.2) is 56.9 Å². The second kappa shape index (κ2) is 6.80. The zero-order valence-corrected chi connectivity index (χ0v) is 13.9. The number of phenols is 1. The Kier molecular flexibility index (Phi) is 5.04. The predicted octanol–water partition coefficient (Wildman–Crippen LogP) is 2.48. The number of phenolic OH excluding ortho intramolecular Hbond substituents is 1. The molecular formula is C14H13BrN2O4S. The van der Waals surface area contributed by atoms with E-state index in [4.69, 9.17) is 4.74 Å². The molecule has 2 aromatic rings. The smallest absolute Gasteiger partial charge is 0.276 e. The maximum atomic E-state index is 12.0. The first-order valence-electron chi connectivity index (χ1n) is 6.10. The molecule has 0 aliphatic heterocycles. The van der Waals surface area contributed by atoms with Crippen LogP contribution in [0.3, 0.4) is 0 Å². The number of benzene rings is 2. The molecule has 22 heavy (non-hydrogen) atoms. The van der Waals surface area contributed by atoms with Crippen LogP contribution in [-0.4, -0.2) is 26.8 Å². The molecule has 0 aliphatic carbocycles. The van der Waals surface area contributed by atoms with Gasteiger partial charge in [0.25, 0.3) is 10.0 Å². The zero-order chi connectivity index (χ0) is 16.2. The summed E-state index contributed by atoms with van der Waals surface area (Å²) < 4.78 is 29.4. The third-order valence-electron chi connectivity index (χ3n) is 2.71. The van der Waals surface area contributed by atoms with Gasteiger partial charge in [-0.2, -0.15) is 13.5 Å². The van der Waals surface area contributed by atoms with E-state index in [2.05, 4.69) is 25.9 Å². The average molecular weight is 385 g/mol. The summed E-state index contributed by atoms with van der Waals surface area (Å²) in [4.78, 5) is 2.24. The van der Waals surface area contributed by atoms with E-state index in [1.54, 1.807) is 24.3 Å². The van der Waals surface area contributed by atoms with Crippen LogP contribution in [0.25, 0.3) is 0 Å². The number of rotatable bonds is 5. The highest BCUT2D eigenvalue weighted by Crippen LogP contribution is 2.34. The number of halogens is 1. The fourth-order valence-electron chi connectivity index (χ4n) is 1.65. The Balaban J connectivity index is 2.18. The number of sulfonamides is 1. The van der Waals surface area contributed by atoms with Crippen molar-refractivity contribution in [3.63, 3.8) is 0 Å². The number of nitrogens with one attached hydrogen (secondary N) is 1. The van der Waals surface area contributed by atoms with Gasteiger partial charge in [0.15, 0.2) is 11.5 Å². The highest BCUT2D eigenvalue weighted by atomic mass is 79.9. The van der Waals surface area contributed by atoms with Gasteiger partial charge in [0.2, 0.25) is 0 Å². The van der Waals surface area contributed by atoms with Gasteiger partial charge >= 0.3 is 0 Å². The van der Waals surface area contributed by atoms with E-state index in [1.165, 1.54) is 31.5 Å². The van der Waals surface area contributed by atoms with Crippen LogP contribution < -0.4 is 9.57 Å². The van der Waals surface area contributed by atoms with Crippen LogP contribution in [0.4, 0.5) is 0 Å². The van der Waals surface area contributed by atoms with E-state index in [0.29, 0.717) is 10.0 Å². The molecule has 0 amide bonds. The maximum absolute atomic E-state index is 12.0. The van der Waals surface area contributed by atoms with E-state index < -0.39 is 10.0 Å². The predicted molar refractivity (Wildman–Crippen MR) is 86.7 cm³/mol. The Hall–Kier alpha value is -2.06. The largest absolute Gasteiger partial charge is 0.503 e. The quantitative estimate of drug-likeness (QED) is 0.612. The van der Waals surface area contributed by atoms with Crippen molar-refractivity contribution in [2.24, 2.45) is 5.10 Å². The van der Waals surface area contributed by atoms with E-state index in [9.17, 15) is 13.5 Å². The lowest BCUT2D eigenvalue weighted by Gasteiger charge is -2.06. The molecule has 6 nitrogen and oxygen atoms in total. The first-order valence-corrected chi connectivity index (χ1v) is 8.38. The molecular weight excluding hydrogens is 372 g/mol. The molecule has 2 N–H and O–H groups in total. The third-order valence-corrected chi connectivity index (χ3v) is 4.55. The molecule has 0 atom stereocenters. The second-order valence-electron chi connectivity index (χ2n) is 4.22. The van der Waals surface area contributed by atoms with Gasteiger partial charge in [-0.3, -0.25) is 0 Å². The third kappa shape index (κ3) is 3.77. The molecule has 0 saturated heterocycles. The Morgan fingerprint density at radius 2 is 1.95 bits per heavy atom. The summed E-state index contributed by atoms with van der Waals surface area (Å²) >= 11 is 3.18. The van der Waals surface area contributed by atoms with Gasteiger partial charge in [-0.15, -0.1) is 0 Å². The monoisotopic (exact) mass is 384 g/mol. The molecule has 0 aromatic heterocycles. The van der Waals surface area contributed by atoms with Gasteiger partial charge in [0.1, 0.15) is 0 Å². The summed E-state index contributed by atoms with van der Waals surface area (Å²) in [6, 6.07) is 11.0. The van der Waals surface area contributed by atoms with Crippen LogP contribution in [0.1, 0.15) is 5.56 Å². The fourth-order valence-corrected chi connectivity index (χ4v) is 2.92. The minimum absolute atomic E-state index is 0.0375. The molecule has 0 fully saturated rings. The topological polar surface area (TPSA) is 88.0 Å². The highest BCUT2D eigenvalue weighted by Gasteiger charge is 2.11. The molecule has 0 radical (unpaired) electrons. The lowest BCUT2D eigenvalue weighted by Crippen LogP contribution is -2.18. The Bertz CT molecular complexity index is 792. The number of hydrogen-bond donors (Lipinski definition) is 2. The highest BCUT2D eigenvalue weighted by molar-refractivity contribution is 9.10. The van der Waals surface area contributed by atoms with Crippen molar-refractivity contribution in [2.45, 2.75) is 4.90 Å². The minimum atomic E-state index is -3.70. The van der Waals surface area contributed by atoms with Crippen molar-refractivity contribution in [3.05, 3.63) is 52.5 Å². The lowest BCUT2D eigenvalue weighted by molar-refractivity contribution is 0.372. The lowest BCUT2D eigenvalue weighted by atomic mass is 10.2. The zero-order valence-electron chi connectivity index (χ0n) is 11.5. The van der Waals surface area contributed by atoms with Crippen LogP contribution in [0.2, 0.25) is 0 Å². The molecule has 0 heterocycles. The number of aromatic hydroxyl groups is 1. The van der Waals surface area contributed by atoms with E-state index in [-0.39, 0.29) is 16.4 Å². The molecule has 8 heteroatoms. The van der Waals surface area contributed by atoms with Crippen molar-refractivity contribution in [2.75, 3.05) is 7.11 Å². The molecule has 2 rings (SSSR count). The number of methoxy groups -OCH3 is 1. The normalized spacial score (nSPS) is 11.5. The number of ether oxygens (including phenoxy) is 1. The number of hydrazone groups is 1. The van der Waals surface area contributed by atoms with Crippen molar-refractivity contribution in [1.29, 1.82) is 0 Å². The summed E-state index contributed by atoms with van der Waals surface area (Å²) in [5.74, 6) is 0.214. The first kappa shape index (κ1) is 16.3. The van der Waals surface area contributed by atoms with Crippen LogP contribution in [-0.2, 0) is 10.0 Å². The molecule has 0 spiro atoms. The van der Waals surface area contributed by atoms with Gasteiger partial charge in [-0.1, -0.05) is 18.2 Å². The summed E-state index contributed by atoms with van der Waals surface area (Å²) in [5, 5.41) is 13.4. The van der Waals surface area contributed by atoms with Gasteiger partial charge < -0.3 is 9.84 Å². The SMILES string of the molecule is COc1cc(C=NNS(=O)(=O)c2ccccc2)cc(Br)c1O. The van der Waals surface area contributed by atoms with Gasteiger partial charge in [0, 0.05) is 0 Å². The van der Waals surface area contributed by atoms with E-state index in [1.807, 2.05) is 0 Å². The second-order valence-corrected chi connectivity index (χ2v) is 6.73. The van der Waals surface area contributed by atoms with Gasteiger partial charge in [-0.05, 0) is 45.8 Å². The molecule has 2 aromatic carbocycles. The fraction of sp³-hybridized carbons (Fsp3) is 0.0714. The first-order chi connectivity index (χ1) is 10.4. The van der Waals surface area contributed by atoms with Crippen LogP contribution in [0.5, 0.6) is 11.5 Å².